The third kappa shape index (κ3) is 6.39. The van der Waals surface area contributed by atoms with E-state index in [2.05, 4.69) is 27.4 Å². The zero-order valence-electron chi connectivity index (χ0n) is 24.1. The average Bonchev–Trinajstić information content (AvgIpc) is 3.49. The molecule has 3 aromatic carbocycles. The molecular formula is C32H32N4O6S2. The molecule has 1 aromatic heterocycles. The molecule has 0 saturated carbocycles. The summed E-state index contributed by atoms with van der Waals surface area (Å²) in [7, 11) is -3.94. The van der Waals surface area contributed by atoms with Gasteiger partial charge in [-0.2, -0.15) is 0 Å². The van der Waals surface area contributed by atoms with E-state index in [1.54, 1.807) is 18.3 Å². The molecule has 2 N–H and O–H groups in total. The van der Waals surface area contributed by atoms with E-state index < -0.39 is 21.7 Å². The van der Waals surface area contributed by atoms with E-state index in [1.807, 2.05) is 24.3 Å². The number of thiazole rings is 1. The monoisotopic (exact) mass is 632 g/mol. The number of aromatic nitrogens is 1. The number of nitrogens with one attached hydrogen (secondary N) is 2. The lowest BCUT2D eigenvalue weighted by atomic mass is 10.1. The fraction of sp³-hybridized carbons (Fsp3) is 0.281. The third-order valence-corrected chi connectivity index (χ3v) is 10.6. The molecule has 0 spiro atoms. The minimum atomic E-state index is -3.94. The van der Waals surface area contributed by atoms with Crippen molar-refractivity contribution in [2.75, 3.05) is 38.2 Å². The highest BCUT2D eigenvalue weighted by Crippen LogP contribution is 2.34. The summed E-state index contributed by atoms with van der Waals surface area (Å²) in [5, 5.41) is 6.31. The second kappa shape index (κ2) is 12.9. The first-order valence-electron chi connectivity index (χ1n) is 14.4. The quantitative estimate of drug-likeness (QED) is 0.256. The Morgan fingerprint density at radius 1 is 1.14 bits per heavy atom. The van der Waals surface area contributed by atoms with Gasteiger partial charge in [0.05, 0.1) is 47.4 Å². The van der Waals surface area contributed by atoms with E-state index in [-0.39, 0.29) is 33.2 Å². The van der Waals surface area contributed by atoms with E-state index in [4.69, 9.17) is 9.47 Å². The summed E-state index contributed by atoms with van der Waals surface area (Å²) in [4.78, 5) is 33.4. The Morgan fingerprint density at radius 2 is 1.95 bits per heavy atom. The van der Waals surface area contributed by atoms with Crippen LogP contribution in [-0.4, -0.2) is 69.1 Å². The van der Waals surface area contributed by atoms with Crippen molar-refractivity contribution >= 4 is 38.7 Å². The van der Waals surface area contributed by atoms with Crippen molar-refractivity contribution in [2.24, 2.45) is 0 Å². The van der Waals surface area contributed by atoms with Gasteiger partial charge in [0.2, 0.25) is 9.84 Å². The Labute approximate surface area is 260 Å². The molecule has 0 bridgehead atoms. The number of fused-ring (bicyclic) bond motifs is 2. The molecule has 1 saturated heterocycles. The molecule has 2 amide bonds. The van der Waals surface area contributed by atoms with E-state index in [1.165, 1.54) is 41.7 Å². The number of nitrogens with zero attached hydrogens (tertiary/aromatic N) is 2. The highest BCUT2D eigenvalue weighted by atomic mass is 32.2. The molecule has 10 nitrogen and oxygen atoms in total. The Kier molecular flexibility index (Phi) is 8.76. The molecule has 1 unspecified atom stereocenters. The van der Waals surface area contributed by atoms with E-state index >= 15 is 0 Å². The van der Waals surface area contributed by atoms with Crippen LogP contribution in [0.5, 0.6) is 5.75 Å². The zero-order chi connectivity index (χ0) is 30.7. The first kappa shape index (κ1) is 29.9. The molecule has 1 atom stereocenters. The average molecular weight is 633 g/mol. The number of hydrogen-bond acceptors (Lipinski definition) is 9. The number of anilines is 1. The van der Waals surface area contributed by atoms with Crippen LogP contribution in [0.25, 0.3) is 10.6 Å². The maximum absolute atomic E-state index is 13.2. The van der Waals surface area contributed by atoms with Crippen LogP contribution in [0.2, 0.25) is 0 Å². The van der Waals surface area contributed by atoms with Gasteiger partial charge in [-0.05, 0) is 67.9 Å². The first-order valence-corrected chi connectivity index (χ1v) is 16.7. The largest absolute Gasteiger partial charge is 0.494 e. The van der Waals surface area contributed by atoms with Crippen LogP contribution in [-0.2, 0) is 21.1 Å². The Balaban J connectivity index is 1.03. The molecule has 2 aliphatic heterocycles. The van der Waals surface area contributed by atoms with E-state index in [0.29, 0.717) is 12.6 Å². The van der Waals surface area contributed by atoms with Gasteiger partial charge in [-0.1, -0.05) is 12.1 Å². The van der Waals surface area contributed by atoms with Gasteiger partial charge in [-0.3, -0.25) is 14.5 Å². The number of carbonyl (C=O) groups is 2. The highest BCUT2D eigenvalue weighted by molar-refractivity contribution is 7.91. The minimum absolute atomic E-state index is 0.0570. The normalized spacial score (nSPS) is 17.6. The number of benzene rings is 3. The Bertz CT molecular complexity index is 1790. The summed E-state index contributed by atoms with van der Waals surface area (Å²) in [6, 6.07) is 18.5. The maximum atomic E-state index is 13.2. The van der Waals surface area contributed by atoms with E-state index in [9.17, 15) is 18.0 Å². The molecule has 4 aromatic rings. The fourth-order valence-electron chi connectivity index (χ4n) is 5.24. The third-order valence-electron chi connectivity index (χ3n) is 7.64. The van der Waals surface area contributed by atoms with Crippen molar-refractivity contribution in [1.82, 2.24) is 15.2 Å². The Hall–Kier alpha value is -4.10. The van der Waals surface area contributed by atoms with Crippen molar-refractivity contribution in [3.63, 3.8) is 0 Å². The lowest BCUT2D eigenvalue weighted by molar-refractivity contribution is -0.00200. The molecule has 2 aliphatic rings. The van der Waals surface area contributed by atoms with Crippen LogP contribution in [0.3, 0.4) is 0 Å². The van der Waals surface area contributed by atoms with Crippen LogP contribution in [0.4, 0.5) is 5.69 Å². The standard InChI is InChI=1S/C32H32N4O6S2/c1-21-20-41-16-14-36(21)13-4-15-42-24-10-7-22(8-11-24)32-34-19-25(43-32)18-33-30(37)23-9-12-29-27(17-23)35-31(38)26-5-2-3-6-28(26)44(29,39)40/h2-3,5-12,17,19,21H,4,13-16,18,20H2,1H3,(H,33,37)(H,35,38). The lowest BCUT2D eigenvalue weighted by Crippen LogP contribution is -2.44. The molecule has 12 heteroatoms. The molecular weight excluding hydrogens is 601 g/mol. The van der Waals surface area contributed by atoms with Gasteiger partial charge in [0, 0.05) is 41.3 Å². The van der Waals surface area contributed by atoms with Gasteiger partial charge in [0.1, 0.15) is 10.8 Å². The van der Waals surface area contributed by atoms with Gasteiger partial charge in [-0.15, -0.1) is 11.3 Å². The number of morpholine rings is 1. The van der Waals surface area contributed by atoms with Crippen LogP contribution >= 0.6 is 11.3 Å². The van der Waals surface area contributed by atoms with Crippen molar-refractivity contribution < 1.29 is 27.5 Å². The molecule has 1 fully saturated rings. The molecule has 228 valence electrons. The number of amides is 2. The number of carbonyl (C=O) groups excluding carboxylic acids is 2. The topological polar surface area (TPSA) is 127 Å². The minimum Gasteiger partial charge on any atom is -0.494 e. The van der Waals surface area contributed by atoms with Gasteiger partial charge >= 0.3 is 0 Å². The van der Waals surface area contributed by atoms with Gasteiger partial charge < -0.3 is 20.1 Å². The summed E-state index contributed by atoms with van der Waals surface area (Å²) < 4.78 is 37.8. The van der Waals surface area contributed by atoms with Gasteiger partial charge in [0.25, 0.3) is 11.8 Å². The van der Waals surface area contributed by atoms with Crippen LogP contribution in [0.1, 0.15) is 38.9 Å². The van der Waals surface area contributed by atoms with Gasteiger partial charge in [0.15, 0.2) is 0 Å². The highest BCUT2D eigenvalue weighted by Gasteiger charge is 2.31. The summed E-state index contributed by atoms with van der Waals surface area (Å²) in [6.07, 6.45) is 2.67. The summed E-state index contributed by atoms with van der Waals surface area (Å²) in [6.45, 7) is 6.59. The summed E-state index contributed by atoms with van der Waals surface area (Å²) in [5.41, 5.74) is 1.31. The maximum Gasteiger partial charge on any atom is 0.257 e. The molecule has 0 radical (unpaired) electrons. The predicted molar refractivity (Wildman–Crippen MR) is 167 cm³/mol. The van der Waals surface area contributed by atoms with Crippen LogP contribution in [0.15, 0.2) is 82.7 Å². The van der Waals surface area contributed by atoms with Gasteiger partial charge in [-0.25, -0.2) is 13.4 Å². The summed E-state index contributed by atoms with van der Waals surface area (Å²) in [5.74, 6) is -0.141. The second-order valence-corrected chi connectivity index (χ2v) is 13.7. The molecule has 6 rings (SSSR count). The summed E-state index contributed by atoms with van der Waals surface area (Å²) >= 11 is 1.47. The number of hydrogen-bond donors (Lipinski definition) is 2. The fourth-order valence-corrected chi connectivity index (χ4v) is 7.69. The van der Waals surface area contributed by atoms with Crippen molar-refractivity contribution in [2.45, 2.75) is 35.7 Å². The van der Waals surface area contributed by atoms with Crippen LogP contribution in [0, 0.1) is 0 Å². The van der Waals surface area contributed by atoms with E-state index in [0.717, 1.165) is 53.9 Å². The molecule has 0 aliphatic carbocycles. The lowest BCUT2D eigenvalue weighted by Gasteiger charge is -2.33. The predicted octanol–water partition coefficient (Wildman–Crippen LogP) is 4.63. The van der Waals surface area contributed by atoms with Crippen LogP contribution < -0.4 is 15.4 Å². The molecule has 3 heterocycles. The van der Waals surface area contributed by atoms with Crippen molar-refractivity contribution in [3.8, 4) is 16.3 Å². The number of rotatable bonds is 9. The van der Waals surface area contributed by atoms with Crippen molar-refractivity contribution in [3.05, 3.63) is 88.9 Å². The SMILES string of the molecule is CC1COCCN1CCCOc1ccc(-c2ncc(CNC(=O)c3ccc4c(c3)NC(=O)c3ccccc3S4(=O)=O)s2)cc1. The Morgan fingerprint density at radius 3 is 2.77 bits per heavy atom. The second-order valence-electron chi connectivity index (χ2n) is 10.7. The number of ether oxygens (including phenoxy) is 2. The molecule has 44 heavy (non-hydrogen) atoms. The van der Waals surface area contributed by atoms with Crippen molar-refractivity contribution in [1.29, 1.82) is 0 Å². The first-order chi connectivity index (χ1) is 21.3. The number of sulfone groups is 1. The zero-order valence-corrected chi connectivity index (χ0v) is 25.7. The smallest absolute Gasteiger partial charge is 0.257 e.